The van der Waals surface area contributed by atoms with Crippen LogP contribution in [0.5, 0.6) is 5.75 Å². The fourth-order valence-electron chi connectivity index (χ4n) is 2.34. The molecule has 0 saturated carbocycles. The predicted molar refractivity (Wildman–Crippen MR) is 84.0 cm³/mol. The lowest BCUT2D eigenvalue weighted by molar-refractivity contribution is -0.144. The van der Waals surface area contributed by atoms with Crippen molar-refractivity contribution in [2.45, 2.75) is 13.0 Å². The first-order valence-electron chi connectivity index (χ1n) is 7.18. The summed E-state index contributed by atoms with van der Waals surface area (Å²) < 4.78 is 23.7. The van der Waals surface area contributed by atoms with Gasteiger partial charge in [-0.25, -0.2) is 9.18 Å². The molecule has 1 heterocycles. The molecular formula is C18H13FO5. The fraction of sp³-hybridized carbons (Fsp3) is 0.111. The maximum atomic E-state index is 13.5. The number of esters is 1. The minimum Gasteiger partial charge on any atom is -0.508 e. The third-order valence-corrected chi connectivity index (χ3v) is 3.50. The average molecular weight is 328 g/mol. The Morgan fingerprint density at radius 2 is 1.92 bits per heavy atom. The summed E-state index contributed by atoms with van der Waals surface area (Å²) in [6, 6.07) is 11.5. The van der Waals surface area contributed by atoms with Gasteiger partial charge >= 0.3 is 11.6 Å². The van der Waals surface area contributed by atoms with Crippen LogP contribution < -0.4 is 5.63 Å². The highest BCUT2D eigenvalue weighted by molar-refractivity contribution is 5.81. The van der Waals surface area contributed by atoms with E-state index in [1.807, 2.05) is 0 Å². The Labute approximate surface area is 135 Å². The van der Waals surface area contributed by atoms with Gasteiger partial charge in [-0.1, -0.05) is 18.2 Å². The molecule has 0 aliphatic heterocycles. The van der Waals surface area contributed by atoms with Gasteiger partial charge in [-0.05, 0) is 23.8 Å². The van der Waals surface area contributed by atoms with Crippen LogP contribution in [0, 0.1) is 5.82 Å². The lowest BCUT2D eigenvalue weighted by atomic mass is 10.1. The third kappa shape index (κ3) is 3.43. The molecule has 1 N–H and O–H groups in total. The fourth-order valence-corrected chi connectivity index (χ4v) is 2.34. The number of carbonyl (C=O) groups excluding carboxylic acids is 1. The predicted octanol–water partition coefficient (Wildman–Crippen LogP) is 2.92. The van der Waals surface area contributed by atoms with Crippen molar-refractivity contribution >= 4 is 16.9 Å². The van der Waals surface area contributed by atoms with Gasteiger partial charge in [0, 0.05) is 23.1 Å². The van der Waals surface area contributed by atoms with Crippen LogP contribution in [0.15, 0.2) is 57.7 Å². The highest BCUT2D eigenvalue weighted by Crippen LogP contribution is 2.22. The zero-order valence-corrected chi connectivity index (χ0v) is 12.5. The molecule has 2 aromatic carbocycles. The molecule has 122 valence electrons. The standard InChI is InChI=1S/C18H13FO5/c19-15-4-2-1-3-11(15)7-17(21)23-10-12-8-18(22)24-16-9-13(20)5-6-14(12)16/h1-6,8-9,20H,7,10H2. The Hall–Kier alpha value is -3.15. The van der Waals surface area contributed by atoms with Gasteiger partial charge in [0.25, 0.3) is 0 Å². The maximum Gasteiger partial charge on any atom is 0.336 e. The van der Waals surface area contributed by atoms with Crippen molar-refractivity contribution in [1.29, 1.82) is 0 Å². The monoisotopic (exact) mass is 328 g/mol. The molecule has 3 aromatic rings. The zero-order chi connectivity index (χ0) is 17.1. The Balaban J connectivity index is 1.77. The topological polar surface area (TPSA) is 76.7 Å². The van der Waals surface area contributed by atoms with E-state index in [1.165, 1.54) is 36.4 Å². The van der Waals surface area contributed by atoms with Crippen molar-refractivity contribution in [3.8, 4) is 5.75 Å². The van der Waals surface area contributed by atoms with Crippen LogP contribution >= 0.6 is 0 Å². The van der Waals surface area contributed by atoms with Gasteiger partial charge in [-0.15, -0.1) is 0 Å². The molecule has 0 atom stereocenters. The van der Waals surface area contributed by atoms with E-state index in [2.05, 4.69) is 0 Å². The molecule has 0 aliphatic rings. The molecule has 0 bridgehead atoms. The highest BCUT2D eigenvalue weighted by atomic mass is 19.1. The van der Waals surface area contributed by atoms with E-state index in [0.717, 1.165) is 0 Å². The Morgan fingerprint density at radius 1 is 1.12 bits per heavy atom. The van der Waals surface area contributed by atoms with E-state index in [9.17, 15) is 19.1 Å². The number of carbonyl (C=O) groups is 1. The number of phenols is 1. The summed E-state index contributed by atoms with van der Waals surface area (Å²) in [6.45, 7) is -0.153. The number of benzene rings is 2. The van der Waals surface area contributed by atoms with Gasteiger partial charge in [0.05, 0.1) is 6.42 Å². The molecule has 6 heteroatoms. The second kappa shape index (κ2) is 6.54. The summed E-state index contributed by atoms with van der Waals surface area (Å²) in [5, 5.41) is 9.98. The number of rotatable bonds is 4. The molecule has 0 unspecified atom stereocenters. The number of hydrogen-bond donors (Lipinski definition) is 1. The van der Waals surface area contributed by atoms with Crippen molar-refractivity contribution in [2.75, 3.05) is 0 Å². The second-order valence-corrected chi connectivity index (χ2v) is 5.20. The highest BCUT2D eigenvalue weighted by Gasteiger charge is 2.12. The first-order valence-corrected chi connectivity index (χ1v) is 7.18. The first-order chi connectivity index (χ1) is 11.5. The van der Waals surface area contributed by atoms with E-state index >= 15 is 0 Å². The van der Waals surface area contributed by atoms with E-state index in [1.54, 1.807) is 12.1 Å². The molecule has 3 rings (SSSR count). The lowest BCUT2D eigenvalue weighted by Crippen LogP contribution is -2.10. The second-order valence-electron chi connectivity index (χ2n) is 5.20. The van der Waals surface area contributed by atoms with Gasteiger partial charge in [0.1, 0.15) is 23.8 Å². The minimum atomic E-state index is -0.617. The van der Waals surface area contributed by atoms with Crippen LogP contribution in [-0.2, 0) is 22.6 Å². The number of aromatic hydroxyl groups is 1. The largest absolute Gasteiger partial charge is 0.508 e. The van der Waals surface area contributed by atoms with Gasteiger partial charge in [-0.2, -0.15) is 0 Å². The molecule has 24 heavy (non-hydrogen) atoms. The quantitative estimate of drug-likeness (QED) is 0.588. The number of fused-ring (bicyclic) bond motifs is 1. The summed E-state index contributed by atoms with van der Waals surface area (Å²) in [5.41, 5.74) is 0.267. The zero-order valence-electron chi connectivity index (χ0n) is 12.5. The van der Waals surface area contributed by atoms with Crippen LogP contribution in [0.4, 0.5) is 4.39 Å². The van der Waals surface area contributed by atoms with Crippen LogP contribution in [0.3, 0.4) is 0 Å². The lowest BCUT2D eigenvalue weighted by Gasteiger charge is -2.08. The van der Waals surface area contributed by atoms with E-state index in [4.69, 9.17) is 9.15 Å². The molecule has 0 fully saturated rings. The van der Waals surface area contributed by atoms with Crippen molar-refractivity contribution < 1.29 is 23.4 Å². The average Bonchev–Trinajstić information content (AvgIpc) is 2.54. The van der Waals surface area contributed by atoms with Crippen LogP contribution in [0.1, 0.15) is 11.1 Å². The number of halogens is 1. The summed E-state index contributed by atoms with van der Waals surface area (Å²) in [6.07, 6.45) is -0.202. The van der Waals surface area contributed by atoms with Crippen LogP contribution in [-0.4, -0.2) is 11.1 Å². The van der Waals surface area contributed by atoms with Gasteiger partial charge < -0.3 is 14.3 Å². The molecule has 0 amide bonds. The minimum absolute atomic E-state index is 0.0423. The van der Waals surface area contributed by atoms with Crippen molar-refractivity contribution in [2.24, 2.45) is 0 Å². The van der Waals surface area contributed by atoms with Gasteiger partial charge in [-0.3, -0.25) is 4.79 Å². The molecular weight excluding hydrogens is 315 g/mol. The molecule has 1 aromatic heterocycles. The third-order valence-electron chi connectivity index (χ3n) is 3.50. The number of ether oxygens (including phenoxy) is 1. The summed E-state index contributed by atoms with van der Waals surface area (Å²) >= 11 is 0. The van der Waals surface area contributed by atoms with Crippen molar-refractivity contribution in [1.82, 2.24) is 0 Å². The normalized spacial score (nSPS) is 10.7. The van der Waals surface area contributed by atoms with Crippen LogP contribution in [0.2, 0.25) is 0 Å². The van der Waals surface area contributed by atoms with Crippen LogP contribution in [0.25, 0.3) is 11.0 Å². The molecule has 0 aliphatic carbocycles. The smallest absolute Gasteiger partial charge is 0.336 e. The molecule has 5 nitrogen and oxygen atoms in total. The van der Waals surface area contributed by atoms with E-state index < -0.39 is 17.4 Å². The SMILES string of the molecule is O=C(Cc1ccccc1F)OCc1cc(=O)oc2cc(O)ccc12. The Kier molecular flexibility index (Phi) is 4.29. The molecule has 0 spiro atoms. The molecule has 0 radical (unpaired) electrons. The van der Waals surface area contributed by atoms with E-state index in [0.29, 0.717) is 10.9 Å². The summed E-state index contributed by atoms with van der Waals surface area (Å²) in [5.74, 6) is -1.13. The van der Waals surface area contributed by atoms with Gasteiger partial charge in [0.2, 0.25) is 0 Å². The summed E-state index contributed by atoms with van der Waals surface area (Å²) in [7, 11) is 0. The van der Waals surface area contributed by atoms with E-state index in [-0.39, 0.29) is 29.9 Å². The Morgan fingerprint density at radius 3 is 2.71 bits per heavy atom. The Bertz CT molecular complexity index is 961. The number of hydrogen-bond acceptors (Lipinski definition) is 5. The molecule has 0 saturated heterocycles. The van der Waals surface area contributed by atoms with Crippen molar-refractivity contribution in [3.63, 3.8) is 0 Å². The summed E-state index contributed by atoms with van der Waals surface area (Å²) in [4.78, 5) is 23.4. The van der Waals surface area contributed by atoms with Crippen molar-refractivity contribution in [3.05, 3.63) is 75.9 Å². The number of phenolic OH excluding ortho intramolecular Hbond substituents is 1. The van der Waals surface area contributed by atoms with Gasteiger partial charge in [0.15, 0.2) is 0 Å². The maximum absolute atomic E-state index is 13.5. The first kappa shape index (κ1) is 15.7.